The maximum absolute atomic E-state index is 13.6. The molecular weight excluding hydrogens is 670 g/mol. The minimum absolute atomic E-state index is 0.0130. The number of thioether (sulfide) groups is 1. The van der Waals surface area contributed by atoms with Gasteiger partial charge in [0.1, 0.15) is 29.8 Å². The van der Waals surface area contributed by atoms with Gasteiger partial charge in [-0.25, -0.2) is 4.79 Å². The Bertz CT molecular complexity index is 1160. The van der Waals surface area contributed by atoms with E-state index in [1.807, 2.05) is 20.1 Å². The number of alkyl carbamates (subject to hydrolysis) is 1. The maximum Gasteiger partial charge on any atom is 0.408 e. The van der Waals surface area contributed by atoms with Crippen LogP contribution < -0.4 is 38.1 Å². The zero-order valence-electron chi connectivity index (χ0n) is 31.2. The number of nitrogens with one attached hydrogen (secondary N) is 5. The minimum atomic E-state index is -1.37. The quantitative estimate of drug-likeness (QED) is 0.0762. The Morgan fingerprint density at radius 1 is 0.740 bits per heavy atom. The van der Waals surface area contributed by atoms with E-state index in [0.29, 0.717) is 5.75 Å². The van der Waals surface area contributed by atoms with Crippen LogP contribution in [0.15, 0.2) is 0 Å². The second kappa shape index (κ2) is 22.3. The van der Waals surface area contributed by atoms with E-state index in [4.69, 9.17) is 16.2 Å². The van der Waals surface area contributed by atoms with Gasteiger partial charge >= 0.3 is 6.09 Å². The van der Waals surface area contributed by atoms with E-state index in [-0.39, 0.29) is 37.5 Å². The third kappa shape index (κ3) is 19.0. The summed E-state index contributed by atoms with van der Waals surface area (Å²) in [7, 11) is 0. The van der Waals surface area contributed by atoms with Crippen molar-refractivity contribution in [1.82, 2.24) is 26.6 Å². The molecule has 0 radical (unpaired) electrons. The summed E-state index contributed by atoms with van der Waals surface area (Å²) in [6.07, 6.45) is -0.549. The summed E-state index contributed by atoms with van der Waals surface area (Å²) < 4.78 is 5.30. The zero-order valence-corrected chi connectivity index (χ0v) is 32.0. The van der Waals surface area contributed by atoms with Crippen LogP contribution in [0.5, 0.6) is 0 Å². The van der Waals surface area contributed by atoms with Crippen molar-refractivity contribution < 1.29 is 43.4 Å². The average Bonchev–Trinajstić information content (AvgIpc) is 2.96. The molecule has 6 unspecified atom stereocenters. The Morgan fingerprint density at radius 2 is 1.26 bits per heavy atom. The van der Waals surface area contributed by atoms with Crippen LogP contribution >= 0.6 is 11.8 Å². The molecule has 0 bridgehead atoms. The topological polar surface area (TPSA) is 261 Å². The van der Waals surface area contributed by atoms with Crippen LogP contribution in [0.3, 0.4) is 0 Å². The molecule has 6 atom stereocenters. The number of aliphatic hydroxyl groups is 1. The van der Waals surface area contributed by atoms with Gasteiger partial charge in [-0.05, 0) is 69.8 Å². The Labute approximate surface area is 300 Å². The van der Waals surface area contributed by atoms with Crippen LogP contribution in [0.4, 0.5) is 4.79 Å². The van der Waals surface area contributed by atoms with Gasteiger partial charge in [0.15, 0.2) is 0 Å². The third-order valence-corrected chi connectivity index (χ3v) is 8.03. The molecule has 7 amide bonds. The number of carbonyl (C=O) groups excluding carboxylic acids is 7. The molecule has 0 aliphatic heterocycles. The van der Waals surface area contributed by atoms with Crippen molar-refractivity contribution in [1.29, 1.82) is 0 Å². The monoisotopic (exact) mass is 731 g/mol. The summed E-state index contributed by atoms with van der Waals surface area (Å²) in [6, 6.07) is -5.22. The first-order valence-corrected chi connectivity index (χ1v) is 18.3. The Balaban J connectivity index is 5.84. The largest absolute Gasteiger partial charge is 0.444 e. The highest BCUT2D eigenvalue weighted by Crippen LogP contribution is 2.14. The lowest BCUT2D eigenvalue weighted by Gasteiger charge is -2.30. The second-order valence-electron chi connectivity index (χ2n) is 14.5. The van der Waals surface area contributed by atoms with Crippen LogP contribution in [0.25, 0.3) is 0 Å². The summed E-state index contributed by atoms with van der Waals surface area (Å²) in [4.78, 5) is 88.5. The van der Waals surface area contributed by atoms with E-state index in [0.717, 1.165) is 0 Å². The number of primary amides is 2. The first kappa shape index (κ1) is 46.4. The SMILES string of the molecule is CSCCC(NC(=O)C(NC(=O)OC(C)(C)C)C(C)C)C(=O)NC(CC(C)C)C(O)CC(=O)NC(C(=O)NC(CCC(N)=O)C(N)=O)C(C)C. The first-order valence-electron chi connectivity index (χ1n) is 16.9. The van der Waals surface area contributed by atoms with Gasteiger partial charge in [0.05, 0.1) is 18.6 Å². The number of aliphatic hydroxyl groups excluding tert-OH is 1. The molecule has 0 heterocycles. The molecule has 0 fully saturated rings. The molecule has 0 saturated heterocycles. The van der Waals surface area contributed by atoms with Crippen molar-refractivity contribution in [3.63, 3.8) is 0 Å². The minimum Gasteiger partial charge on any atom is -0.444 e. The molecule has 288 valence electrons. The third-order valence-electron chi connectivity index (χ3n) is 7.38. The average molecular weight is 732 g/mol. The number of amides is 7. The molecule has 50 heavy (non-hydrogen) atoms. The fraction of sp³-hybridized carbons (Fsp3) is 0.788. The lowest BCUT2D eigenvalue weighted by Crippen LogP contribution is -2.58. The van der Waals surface area contributed by atoms with Gasteiger partial charge in [0.25, 0.3) is 0 Å². The summed E-state index contributed by atoms with van der Waals surface area (Å²) in [5, 5.41) is 24.3. The molecule has 0 aliphatic carbocycles. The summed E-state index contributed by atoms with van der Waals surface area (Å²) in [5.41, 5.74) is 9.72. The van der Waals surface area contributed by atoms with Gasteiger partial charge in [0, 0.05) is 6.42 Å². The molecule has 0 spiro atoms. The normalized spacial score (nSPS) is 15.2. The molecule has 0 saturated carbocycles. The van der Waals surface area contributed by atoms with Crippen LogP contribution in [-0.2, 0) is 33.5 Å². The van der Waals surface area contributed by atoms with E-state index in [1.54, 1.807) is 48.5 Å². The first-order chi connectivity index (χ1) is 23.0. The van der Waals surface area contributed by atoms with Gasteiger partial charge in [-0.3, -0.25) is 28.8 Å². The van der Waals surface area contributed by atoms with Crippen molar-refractivity contribution in [2.45, 2.75) is 136 Å². The van der Waals surface area contributed by atoms with Crippen molar-refractivity contribution >= 4 is 53.3 Å². The van der Waals surface area contributed by atoms with Crippen LogP contribution in [0, 0.1) is 17.8 Å². The van der Waals surface area contributed by atoms with Gasteiger partial charge in [0.2, 0.25) is 35.4 Å². The molecule has 17 heteroatoms. The van der Waals surface area contributed by atoms with Gasteiger partial charge in [-0.15, -0.1) is 0 Å². The molecule has 0 aromatic rings. The number of nitrogens with two attached hydrogens (primary N) is 2. The highest BCUT2D eigenvalue weighted by atomic mass is 32.2. The van der Waals surface area contributed by atoms with E-state index in [9.17, 15) is 38.7 Å². The molecule has 0 aliphatic rings. The van der Waals surface area contributed by atoms with Gasteiger partial charge < -0.3 is 47.9 Å². The molecule has 0 rings (SSSR count). The number of hydrogen-bond acceptors (Lipinski definition) is 10. The molecular formula is C33H61N7O9S. The number of carbonyl (C=O) groups is 7. The lowest BCUT2D eigenvalue weighted by atomic mass is 9.95. The highest BCUT2D eigenvalue weighted by molar-refractivity contribution is 7.98. The summed E-state index contributed by atoms with van der Waals surface area (Å²) in [5.74, 6) is -4.39. The van der Waals surface area contributed by atoms with Crippen molar-refractivity contribution in [3.8, 4) is 0 Å². The van der Waals surface area contributed by atoms with E-state index in [2.05, 4.69) is 26.6 Å². The van der Waals surface area contributed by atoms with E-state index < -0.39 is 95.8 Å². The number of ether oxygens (including phenoxy) is 1. The summed E-state index contributed by atoms with van der Waals surface area (Å²) in [6.45, 7) is 15.7. The van der Waals surface area contributed by atoms with Crippen LogP contribution in [0.1, 0.15) is 94.4 Å². The van der Waals surface area contributed by atoms with Crippen molar-refractivity contribution in [2.75, 3.05) is 12.0 Å². The highest BCUT2D eigenvalue weighted by Gasteiger charge is 2.34. The maximum atomic E-state index is 13.6. The molecule has 16 nitrogen and oxygen atoms in total. The predicted molar refractivity (Wildman–Crippen MR) is 191 cm³/mol. The number of hydrogen-bond donors (Lipinski definition) is 8. The predicted octanol–water partition coefficient (Wildman–Crippen LogP) is 0.432. The lowest BCUT2D eigenvalue weighted by molar-refractivity contribution is -0.134. The van der Waals surface area contributed by atoms with Crippen molar-refractivity contribution in [3.05, 3.63) is 0 Å². The second-order valence-corrected chi connectivity index (χ2v) is 15.5. The Morgan fingerprint density at radius 3 is 1.70 bits per heavy atom. The molecule has 0 aromatic heterocycles. The van der Waals surface area contributed by atoms with Crippen molar-refractivity contribution in [2.24, 2.45) is 29.2 Å². The smallest absolute Gasteiger partial charge is 0.408 e. The van der Waals surface area contributed by atoms with Gasteiger partial charge in [-0.1, -0.05) is 41.5 Å². The van der Waals surface area contributed by atoms with Crippen LogP contribution in [0.2, 0.25) is 0 Å². The Hall–Kier alpha value is -3.60. The van der Waals surface area contributed by atoms with E-state index in [1.165, 1.54) is 11.8 Å². The standard InChI is InChI=1S/C33H61N7O9S/c1-17(2)15-22(23(41)16-25(43)39-26(18(3)4)30(46)36-20(28(35)44)11-12-24(34)42)38-29(45)21(13-14-50-10)37-31(47)27(19(5)6)40-32(48)49-33(7,8)9/h17-23,26-27,41H,11-16H2,1-10H3,(H2,34,42)(H2,35,44)(H,36,46)(H,37,47)(H,38,45)(H,39,43)(H,40,48). The zero-order chi connectivity index (χ0) is 38.9. The molecule has 0 aromatic carbocycles. The Kier molecular flexibility index (Phi) is 20.7. The fourth-order valence-corrected chi connectivity index (χ4v) is 5.24. The van der Waals surface area contributed by atoms with Gasteiger partial charge in [-0.2, -0.15) is 11.8 Å². The number of rotatable bonds is 22. The fourth-order valence-electron chi connectivity index (χ4n) is 4.77. The molecule has 10 N–H and O–H groups in total. The summed E-state index contributed by atoms with van der Waals surface area (Å²) >= 11 is 1.47. The van der Waals surface area contributed by atoms with E-state index >= 15 is 0 Å². The van der Waals surface area contributed by atoms with Crippen LogP contribution in [-0.4, -0.2) is 101 Å².